The van der Waals surface area contributed by atoms with Crippen LogP contribution in [0.4, 0.5) is 10.1 Å². The van der Waals surface area contributed by atoms with E-state index in [2.05, 4.69) is 5.32 Å². The Kier molecular flexibility index (Phi) is 4.26. The zero-order valence-corrected chi connectivity index (χ0v) is 12.1. The molecular formula is C13H10ClFN2O3S. The van der Waals surface area contributed by atoms with Crippen molar-refractivity contribution in [2.24, 2.45) is 5.14 Å². The van der Waals surface area contributed by atoms with Crippen molar-refractivity contribution in [2.45, 2.75) is 4.90 Å². The van der Waals surface area contributed by atoms with E-state index < -0.39 is 21.7 Å². The molecule has 0 saturated carbocycles. The summed E-state index contributed by atoms with van der Waals surface area (Å²) in [5, 5.41) is 7.36. The second kappa shape index (κ2) is 5.80. The van der Waals surface area contributed by atoms with Gasteiger partial charge in [-0.05, 0) is 42.5 Å². The molecule has 8 heteroatoms. The van der Waals surface area contributed by atoms with Crippen LogP contribution >= 0.6 is 11.6 Å². The van der Waals surface area contributed by atoms with Crippen LogP contribution in [0.3, 0.4) is 0 Å². The third-order valence-electron chi connectivity index (χ3n) is 2.62. The molecule has 21 heavy (non-hydrogen) atoms. The van der Waals surface area contributed by atoms with Gasteiger partial charge >= 0.3 is 0 Å². The maximum atomic E-state index is 13.0. The maximum Gasteiger partial charge on any atom is 0.255 e. The first-order valence-corrected chi connectivity index (χ1v) is 7.59. The van der Waals surface area contributed by atoms with E-state index in [0.29, 0.717) is 5.69 Å². The highest BCUT2D eigenvalue weighted by atomic mass is 35.5. The van der Waals surface area contributed by atoms with Gasteiger partial charge in [0.05, 0.1) is 9.92 Å². The SMILES string of the molecule is NS(=O)(=O)c1ccc(C(=O)Nc2ccc(F)c(Cl)c2)cc1. The molecule has 2 aromatic carbocycles. The van der Waals surface area contributed by atoms with E-state index in [4.69, 9.17) is 16.7 Å². The molecule has 0 aliphatic heterocycles. The Morgan fingerprint density at radius 1 is 1.14 bits per heavy atom. The number of carbonyl (C=O) groups is 1. The summed E-state index contributed by atoms with van der Waals surface area (Å²) in [5.74, 6) is -1.08. The van der Waals surface area contributed by atoms with E-state index in [1.165, 1.54) is 36.4 Å². The molecule has 0 spiro atoms. The third-order valence-corrected chi connectivity index (χ3v) is 3.84. The van der Waals surface area contributed by atoms with Crippen molar-refractivity contribution in [1.82, 2.24) is 0 Å². The van der Waals surface area contributed by atoms with Gasteiger partial charge in [-0.15, -0.1) is 0 Å². The van der Waals surface area contributed by atoms with Crippen LogP contribution in [0.15, 0.2) is 47.4 Å². The molecule has 0 unspecified atom stereocenters. The standard InChI is InChI=1S/C13H10ClFN2O3S/c14-11-7-9(3-6-12(11)15)17-13(18)8-1-4-10(5-2-8)21(16,19)20/h1-7H,(H,17,18)(H2,16,19,20). The molecule has 3 N–H and O–H groups in total. The van der Waals surface area contributed by atoms with Gasteiger partial charge in [-0.25, -0.2) is 17.9 Å². The molecule has 0 aromatic heterocycles. The van der Waals surface area contributed by atoms with Gasteiger partial charge in [0.15, 0.2) is 0 Å². The van der Waals surface area contributed by atoms with Crippen LogP contribution in [-0.4, -0.2) is 14.3 Å². The molecule has 0 atom stereocenters. The molecular weight excluding hydrogens is 319 g/mol. The normalized spacial score (nSPS) is 11.2. The number of carbonyl (C=O) groups excluding carboxylic acids is 1. The van der Waals surface area contributed by atoms with Gasteiger partial charge in [0, 0.05) is 11.3 Å². The van der Waals surface area contributed by atoms with Crippen LogP contribution in [-0.2, 0) is 10.0 Å². The summed E-state index contributed by atoms with van der Waals surface area (Å²) in [4.78, 5) is 11.8. The Morgan fingerprint density at radius 2 is 1.76 bits per heavy atom. The van der Waals surface area contributed by atoms with E-state index >= 15 is 0 Å². The van der Waals surface area contributed by atoms with Crippen molar-refractivity contribution in [3.05, 3.63) is 58.9 Å². The van der Waals surface area contributed by atoms with Crippen LogP contribution < -0.4 is 10.5 Å². The molecule has 2 rings (SSSR count). The Balaban J connectivity index is 2.18. The van der Waals surface area contributed by atoms with E-state index in [1.54, 1.807) is 0 Å². The minimum atomic E-state index is -3.81. The summed E-state index contributed by atoms with van der Waals surface area (Å²) in [5.41, 5.74) is 0.546. The number of nitrogens with one attached hydrogen (secondary N) is 1. The summed E-state index contributed by atoms with van der Waals surface area (Å²) in [6, 6.07) is 8.84. The van der Waals surface area contributed by atoms with Crippen LogP contribution in [0, 0.1) is 5.82 Å². The Labute approximate surface area is 125 Å². The van der Waals surface area contributed by atoms with Crippen LogP contribution in [0.1, 0.15) is 10.4 Å². The molecule has 1 amide bonds. The first-order chi connectivity index (χ1) is 9.77. The monoisotopic (exact) mass is 328 g/mol. The lowest BCUT2D eigenvalue weighted by molar-refractivity contribution is 0.102. The van der Waals surface area contributed by atoms with Crippen LogP contribution in [0.5, 0.6) is 0 Å². The van der Waals surface area contributed by atoms with Crippen LogP contribution in [0.25, 0.3) is 0 Å². The number of nitrogens with two attached hydrogens (primary N) is 1. The lowest BCUT2D eigenvalue weighted by Gasteiger charge is -2.06. The number of anilines is 1. The number of rotatable bonds is 3. The predicted octanol–water partition coefficient (Wildman–Crippen LogP) is 2.38. The first-order valence-electron chi connectivity index (χ1n) is 5.66. The lowest BCUT2D eigenvalue weighted by Crippen LogP contribution is -2.14. The number of benzene rings is 2. The Hall–Kier alpha value is -1.96. The van der Waals surface area contributed by atoms with Crippen molar-refractivity contribution in [2.75, 3.05) is 5.32 Å². The molecule has 0 bridgehead atoms. The molecule has 0 radical (unpaired) electrons. The third kappa shape index (κ3) is 3.78. The van der Waals surface area contributed by atoms with Crippen molar-refractivity contribution in [3.63, 3.8) is 0 Å². The zero-order chi connectivity index (χ0) is 15.6. The van der Waals surface area contributed by atoms with Gasteiger partial charge in [0.25, 0.3) is 5.91 Å². The highest BCUT2D eigenvalue weighted by molar-refractivity contribution is 7.89. The average Bonchev–Trinajstić information content (AvgIpc) is 2.42. The van der Waals surface area contributed by atoms with Crippen molar-refractivity contribution < 1.29 is 17.6 Å². The lowest BCUT2D eigenvalue weighted by atomic mass is 10.2. The minimum absolute atomic E-state index is 0.0936. The Bertz CT molecular complexity index is 792. The van der Waals surface area contributed by atoms with E-state index in [-0.39, 0.29) is 15.5 Å². The van der Waals surface area contributed by atoms with E-state index in [0.717, 1.165) is 6.07 Å². The molecule has 5 nitrogen and oxygen atoms in total. The van der Waals surface area contributed by atoms with Gasteiger partial charge in [0.2, 0.25) is 10.0 Å². The van der Waals surface area contributed by atoms with Gasteiger partial charge in [0.1, 0.15) is 5.82 Å². The van der Waals surface area contributed by atoms with E-state index in [1.807, 2.05) is 0 Å². The number of primary sulfonamides is 1. The highest BCUT2D eigenvalue weighted by Gasteiger charge is 2.11. The maximum absolute atomic E-state index is 13.0. The molecule has 110 valence electrons. The molecule has 0 aliphatic rings. The summed E-state index contributed by atoms with van der Waals surface area (Å²) < 4.78 is 35.2. The fraction of sp³-hybridized carbons (Fsp3) is 0. The number of hydrogen-bond acceptors (Lipinski definition) is 3. The molecule has 0 saturated heterocycles. The summed E-state index contributed by atoms with van der Waals surface area (Å²) in [6.45, 7) is 0. The number of amides is 1. The predicted molar refractivity (Wildman–Crippen MR) is 77.2 cm³/mol. The minimum Gasteiger partial charge on any atom is -0.322 e. The fourth-order valence-electron chi connectivity index (χ4n) is 1.57. The van der Waals surface area contributed by atoms with Gasteiger partial charge in [-0.1, -0.05) is 11.6 Å². The quantitative estimate of drug-likeness (QED) is 0.906. The van der Waals surface area contributed by atoms with Gasteiger partial charge < -0.3 is 5.32 Å². The fourth-order valence-corrected chi connectivity index (χ4v) is 2.27. The van der Waals surface area contributed by atoms with Gasteiger partial charge in [-0.2, -0.15) is 0 Å². The highest BCUT2D eigenvalue weighted by Crippen LogP contribution is 2.20. The molecule has 2 aromatic rings. The number of hydrogen-bond donors (Lipinski definition) is 2. The number of sulfonamides is 1. The molecule has 0 fully saturated rings. The summed E-state index contributed by atoms with van der Waals surface area (Å²) in [6.07, 6.45) is 0. The van der Waals surface area contributed by atoms with Crippen molar-refractivity contribution in [3.8, 4) is 0 Å². The van der Waals surface area contributed by atoms with Crippen molar-refractivity contribution >= 4 is 33.2 Å². The summed E-state index contributed by atoms with van der Waals surface area (Å²) in [7, 11) is -3.81. The second-order valence-corrected chi connectivity index (χ2v) is 6.12. The topological polar surface area (TPSA) is 89.3 Å². The Morgan fingerprint density at radius 3 is 2.29 bits per heavy atom. The first kappa shape index (κ1) is 15.4. The van der Waals surface area contributed by atoms with Crippen LogP contribution in [0.2, 0.25) is 5.02 Å². The molecule has 0 aliphatic carbocycles. The summed E-state index contributed by atoms with van der Waals surface area (Å²) >= 11 is 5.61. The zero-order valence-electron chi connectivity index (χ0n) is 10.5. The average molecular weight is 329 g/mol. The van der Waals surface area contributed by atoms with Gasteiger partial charge in [-0.3, -0.25) is 4.79 Å². The molecule has 0 heterocycles. The van der Waals surface area contributed by atoms with E-state index in [9.17, 15) is 17.6 Å². The second-order valence-electron chi connectivity index (χ2n) is 4.15. The smallest absolute Gasteiger partial charge is 0.255 e. The largest absolute Gasteiger partial charge is 0.322 e. The van der Waals surface area contributed by atoms with Crippen molar-refractivity contribution in [1.29, 1.82) is 0 Å². The number of halogens is 2.